The highest BCUT2D eigenvalue weighted by Gasteiger charge is 1.97. The third-order valence-corrected chi connectivity index (χ3v) is 3.67. The zero-order chi connectivity index (χ0) is 17.3. The molecule has 0 fully saturated rings. The van der Waals surface area contributed by atoms with Gasteiger partial charge in [-0.3, -0.25) is 0 Å². The Morgan fingerprint density at radius 1 is 0.920 bits per heavy atom. The van der Waals surface area contributed by atoms with E-state index in [4.69, 9.17) is 14.2 Å². The van der Waals surface area contributed by atoms with Gasteiger partial charge in [-0.25, -0.2) is 4.98 Å². The summed E-state index contributed by atoms with van der Waals surface area (Å²) in [4.78, 5) is 4.64. The molecular formula is C21H21NO3. The molecule has 0 saturated heterocycles. The van der Waals surface area contributed by atoms with E-state index in [1.165, 1.54) is 0 Å². The standard InChI is InChI=1S/C21H21NO3/c1-23-13-14-24-16-25-20-7-4-5-17(15-20)9-11-19-12-10-18-6-2-3-8-21(18)22-19/h2-12,15H,13-14,16H2,1H3/b11-9+. The lowest BCUT2D eigenvalue weighted by atomic mass is 10.1. The van der Waals surface area contributed by atoms with Crippen LogP contribution in [0.2, 0.25) is 0 Å². The minimum Gasteiger partial charge on any atom is -0.468 e. The third kappa shape index (κ3) is 5.14. The molecule has 0 saturated carbocycles. The quantitative estimate of drug-likeness (QED) is 0.452. The van der Waals surface area contributed by atoms with E-state index in [0.29, 0.717) is 13.2 Å². The molecule has 0 atom stereocenters. The number of para-hydroxylation sites is 1. The van der Waals surface area contributed by atoms with E-state index < -0.39 is 0 Å². The molecule has 4 heteroatoms. The van der Waals surface area contributed by atoms with Crippen molar-refractivity contribution in [3.63, 3.8) is 0 Å². The normalized spacial score (nSPS) is 11.2. The lowest BCUT2D eigenvalue weighted by molar-refractivity contribution is -0.00847. The van der Waals surface area contributed by atoms with E-state index in [1.807, 2.05) is 60.7 Å². The van der Waals surface area contributed by atoms with Crippen molar-refractivity contribution in [2.24, 2.45) is 0 Å². The maximum absolute atomic E-state index is 5.58. The average molecular weight is 335 g/mol. The number of pyridine rings is 1. The Kier molecular flexibility index (Phi) is 6.15. The Morgan fingerprint density at radius 2 is 1.84 bits per heavy atom. The van der Waals surface area contributed by atoms with Gasteiger partial charge in [0.2, 0.25) is 0 Å². The van der Waals surface area contributed by atoms with Crippen molar-refractivity contribution < 1.29 is 14.2 Å². The number of benzene rings is 2. The van der Waals surface area contributed by atoms with E-state index in [9.17, 15) is 0 Å². The van der Waals surface area contributed by atoms with Crippen LogP contribution in [0.3, 0.4) is 0 Å². The Hall–Kier alpha value is -2.69. The number of hydrogen-bond donors (Lipinski definition) is 0. The van der Waals surface area contributed by atoms with E-state index in [0.717, 1.165) is 27.9 Å². The Bertz CT molecular complexity index is 845. The second-order valence-corrected chi connectivity index (χ2v) is 5.50. The molecule has 0 aliphatic heterocycles. The zero-order valence-corrected chi connectivity index (χ0v) is 14.2. The van der Waals surface area contributed by atoms with Crippen LogP contribution in [0.4, 0.5) is 0 Å². The fraction of sp³-hybridized carbons (Fsp3) is 0.190. The predicted molar refractivity (Wildman–Crippen MR) is 100 cm³/mol. The number of hydrogen-bond acceptors (Lipinski definition) is 4. The minimum absolute atomic E-state index is 0.211. The number of methoxy groups -OCH3 is 1. The summed E-state index contributed by atoms with van der Waals surface area (Å²) in [6.07, 6.45) is 4.02. The molecule has 2 aromatic carbocycles. The first kappa shape index (κ1) is 17.1. The predicted octanol–water partition coefficient (Wildman–Crippen LogP) is 4.40. The lowest BCUT2D eigenvalue weighted by Crippen LogP contribution is -2.07. The lowest BCUT2D eigenvalue weighted by Gasteiger charge is -2.07. The molecule has 0 bridgehead atoms. The van der Waals surface area contributed by atoms with Gasteiger partial charge in [-0.15, -0.1) is 0 Å². The molecule has 25 heavy (non-hydrogen) atoms. The highest BCUT2D eigenvalue weighted by molar-refractivity contribution is 5.80. The molecule has 1 aromatic heterocycles. The van der Waals surface area contributed by atoms with Crippen molar-refractivity contribution in [2.75, 3.05) is 27.1 Å². The van der Waals surface area contributed by atoms with Crippen LogP contribution in [-0.2, 0) is 9.47 Å². The number of rotatable bonds is 8. The van der Waals surface area contributed by atoms with Crippen molar-refractivity contribution >= 4 is 23.1 Å². The molecule has 0 radical (unpaired) electrons. The van der Waals surface area contributed by atoms with Gasteiger partial charge >= 0.3 is 0 Å². The number of fused-ring (bicyclic) bond motifs is 1. The van der Waals surface area contributed by atoms with Crippen LogP contribution < -0.4 is 4.74 Å². The van der Waals surface area contributed by atoms with E-state index >= 15 is 0 Å². The molecule has 128 valence electrons. The third-order valence-electron chi connectivity index (χ3n) is 3.67. The van der Waals surface area contributed by atoms with Crippen LogP contribution in [0.15, 0.2) is 60.7 Å². The molecule has 0 amide bonds. The van der Waals surface area contributed by atoms with Crippen molar-refractivity contribution in [3.05, 3.63) is 71.9 Å². The number of nitrogens with zero attached hydrogens (tertiary/aromatic N) is 1. The average Bonchev–Trinajstić information content (AvgIpc) is 2.66. The number of aromatic nitrogens is 1. The first-order valence-corrected chi connectivity index (χ1v) is 8.18. The summed E-state index contributed by atoms with van der Waals surface area (Å²) < 4.78 is 15.8. The van der Waals surface area contributed by atoms with Crippen LogP contribution in [0.5, 0.6) is 5.75 Å². The summed E-state index contributed by atoms with van der Waals surface area (Å²) in [6.45, 7) is 1.29. The molecule has 0 aliphatic carbocycles. The van der Waals surface area contributed by atoms with Gasteiger partial charge in [-0.2, -0.15) is 0 Å². The Morgan fingerprint density at radius 3 is 2.76 bits per heavy atom. The van der Waals surface area contributed by atoms with Gasteiger partial charge in [0.05, 0.1) is 24.4 Å². The SMILES string of the molecule is COCCOCOc1cccc(/C=C/c2ccc3ccccc3n2)c1. The molecule has 0 aliphatic rings. The first-order chi connectivity index (χ1) is 12.3. The van der Waals surface area contributed by atoms with Crippen molar-refractivity contribution in [1.82, 2.24) is 4.98 Å². The van der Waals surface area contributed by atoms with Crippen LogP contribution in [0.25, 0.3) is 23.1 Å². The van der Waals surface area contributed by atoms with Gasteiger partial charge in [0.15, 0.2) is 6.79 Å². The molecule has 3 rings (SSSR count). The maximum atomic E-state index is 5.58. The van der Waals surface area contributed by atoms with Gasteiger partial charge in [0.25, 0.3) is 0 Å². The van der Waals surface area contributed by atoms with E-state index in [1.54, 1.807) is 7.11 Å². The zero-order valence-electron chi connectivity index (χ0n) is 14.2. The van der Waals surface area contributed by atoms with Crippen molar-refractivity contribution in [1.29, 1.82) is 0 Å². The van der Waals surface area contributed by atoms with Gasteiger partial charge in [-0.1, -0.05) is 42.5 Å². The Balaban J connectivity index is 1.63. The second-order valence-electron chi connectivity index (χ2n) is 5.50. The van der Waals surface area contributed by atoms with Crippen LogP contribution in [-0.4, -0.2) is 32.1 Å². The fourth-order valence-electron chi connectivity index (χ4n) is 2.38. The maximum Gasteiger partial charge on any atom is 0.189 e. The first-order valence-electron chi connectivity index (χ1n) is 8.18. The van der Waals surface area contributed by atoms with Crippen molar-refractivity contribution in [2.45, 2.75) is 0 Å². The number of ether oxygens (including phenoxy) is 3. The van der Waals surface area contributed by atoms with Gasteiger partial charge in [0.1, 0.15) is 5.75 Å². The minimum atomic E-state index is 0.211. The van der Waals surface area contributed by atoms with E-state index in [-0.39, 0.29) is 6.79 Å². The highest BCUT2D eigenvalue weighted by Crippen LogP contribution is 2.17. The monoisotopic (exact) mass is 335 g/mol. The van der Waals surface area contributed by atoms with Crippen molar-refractivity contribution in [3.8, 4) is 5.75 Å². The van der Waals surface area contributed by atoms with Gasteiger partial charge in [-0.05, 0) is 35.9 Å². The fourth-order valence-corrected chi connectivity index (χ4v) is 2.38. The Labute approximate surface area is 147 Å². The molecule has 0 spiro atoms. The summed E-state index contributed by atoms with van der Waals surface area (Å²) in [5.41, 5.74) is 2.97. The largest absolute Gasteiger partial charge is 0.468 e. The summed E-state index contributed by atoms with van der Waals surface area (Å²) in [7, 11) is 1.64. The highest BCUT2D eigenvalue weighted by atomic mass is 16.7. The topological polar surface area (TPSA) is 40.6 Å². The molecule has 0 N–H and O–H groups in total. The second kappa shape index (κ2) is 8.97. The molecule has 3 aromatic rings. The summed E-state index contributed by atoms with van der Waals surface area (Å²) in [5, 5.41) is 1.14. The molecule has 1 heterocycles. The van der Waals surface area contributed by atoms with Gasteiger partial charge in [0, 0.05) is 12.5 Å². The van der Waals surface area contributed by atoms with E-state index in [2.05, 4.69) is 17.1 Å². The molecule has 4 nitrogen and oxygen atoms in total. The van der Waals surface area contributed by atoms with Crippen LogP contribution >= 0.6 is 0 Å². The summed E-state index contributed by atoms with van der Waals surface area (Å²) in [6, 6.07) is 20.1. The molecular weight excluding hydrogens is 314 g/mol. The molecule has 0 unspecified atom stereocenters. The smallest absolute Gasteiger partial charge is 0.189 e. The summed E-state index contributed by atoms with van der Waals surface area (Å²) in [5.74, 6) is 0.769. The van der Waals surface area contributed by atoms with Gasteiger partial charge < -0.3 is 14.2 Å². The van der Waals surface area contributed by atoms with Crippen LogP contribution in [0.1, 0.15) is 11.3 Å². The van der Waals surface area contributed by atoms with Crippen LogP contribution in [0, 0.1) is 0 Å². The summed E-state index contributed by atoms with van der Waals surface area (Å²) >= 11 is 0.